The molecule has 3 nitrogen and oxygen atoms in total. The second-order valence-electron chi connectivity index (χ2n) is 8.63. The van der Waals surface area contributed by atoms with Crippen molar-refractivity contribution in [3.8, 4) is 0 Å². The number of halogens is 5. The van der Waals surface area contributed by atoms with Crippen molar-refractivity contribution >= 4 is 33.4 Å². The highest BCUT2D eigenvalue weighted by Gasteiger charge is 2.48. The molecule has 0 radical (unpaired) electrons. The minimum atomic E-state index is -4.63. The van der Waals surface area contributed by atoms with E-state index in [0.717, 1.165) is 67.7 Å². The number of carbonyl (C=O) groups excluding carboxylic acids is 1. The van der Waals surface area contributed by atoms with Crippen molar-refractivity contribution in [3.63, 3.8) is 0 Å². The first-order valence-electron chi connectivity index (χ1n) is 10.9. The molecular formula is C24H25BrClF3N2O. The van der Waals surface area contributed by atoms with Crippen molar-refractivity contribution in [3.05, 3.63) is 68.7 Å². The predicted molar refractivity (Wildman–Crippen MR) is 123 cm³/mol. The number of rotatable bonds is 5. The summed E-state index contributed by atoms with van der Waals surface area (Å²) in [5.74, 6) is -0.587. The van der Waals surface area contributed by atoms with Gasteiger partial charge in [0.1, 0.15) is 0 Å². The molecule has 2 aromatic rings. The van der Waals surface area contributed by atoms with E-state index in [9.17, 15) is 18.0 Å². The maximum absolute atomic E-state index is 13.3. The molecule has 1 saturated carbocycles. The van der Waals surface area contributed by atoms with Gasteiger partial charge in [0.2, 0.25) is 0 Å². The molecule has 0 bridgehead atoms. The van der Waals surface area contributed by atoms with Gasteiger partial charge in [-0.3, -0.25) is 9.69 Å². The topological polar surface area (TPSA) is 32.3 Å². The molecule has 1 atom stereocenters. The minimum absolute atomic E-state index is 0.156. The Balaban J connectivity index is 1.74. The SMILES string of the molecule is O=C(NC(c1cccc(Br)c1)C1(N2CCCC2)CCCC1)c1cccc(C(F)(F)F)c1Cl. The lowest BCUT2D eigenvalue weighted by Crippen LogP contribution is -2.55. The molecule has 1 saturated heterocycles. The standard InChI is InChI=1S/C24H25BrClF3N2O/c25-17-8-5-7-16(15-17)21(23(11-1-2-12-23)31-13-3-4-14-31)30-22(32)18-9-6-10-19(20(18)26)24(27,28)29/h5-10,15,21H,1-4,11-14H2,(H,30,32). The van der Waals surface area contributed by atoms with Crippen molar-refractivity contribution in [1.29, 1.82) is 0 Å². The number of hydrogen-bond acceptors (Lipinski definition) is 2. The minimum Gasteiger partial charge on any atom is -0.343 e. The summed E-state index contributed by atoms with van der Waals surface area (Å²) in [6.07, 6.45) is 1.57. The highest BCUT2D eigenvalue weighted by atomic mass is 79.9. The van der Waals surface area contributed by atoms with Crippen molar-refractivity contribution in [2.24, 2.45) is 0 Å². The van der Waals surface area contributed by atoms with E-state index < -0.39 is 22.7 Å². The van der Waals surface area contributed by atoms with Gasteiger partial charge in [-0.25, -0.2) is 0 Å². The summed E-state index contributed by atoms with van der Waals surface area (Å²) in [5.41, 5.74) is -0.484. The number of likely N-dealkylation sites (tertiary alicyclic amines) is 1. The molecular weight excluding hydrogens is 505 g/mol. The molecule has 0 aromatic heterocycles. The van der Waals surface area contributed by atoms with E-state index in [2.05, 4.69) is 26.1 Å². The Kier molecular flexibility index (Phi) is 6.89. The molecule has 2 aliphatic rings. The molecule has 1 amide bonds. The quantitative estimate of drug-likeness (QED) is 0.452. The Bertz CT molecular complexity index is 985. The van der Waals surface area contributed by atoms with Gasteiger partial charge in [0, 0.05) is 10.0 Å². The summed E-state index contributed by atoms with van der Waals surface area (Å²) in [4.78, 5) is 15.8. The number of amides is 1. The summed E-state index contributed by atoms with van der Waals surface area (Å²) in [5, 5.41) is 2.54. The van der Waals surface area contributed by atoms with Crippen LogP contribution < -0.4 is 5.32 Å². The molecule has 32 heavy (non-hydrogen) atoms. The Hall–Kier alpha value is -1.57. The third-order valence-electron chi connectivity index (χ3n) is 6.75. The van der Waals surface area contributed by atoms with Crippen molar-refractivity contribution in [2.45, 2.75) is 56.3 Å². The van der Waals surface area contributed by atoms with Crippen LogP contribution in [0, 0.1) is 0 Å². The number of carbonyl (C=O) groups is 1. The highest BCUT2D eigenvalue weighted by molar-refractivity contribution is 9.10. The average molecular weight is 530 g/mol. The normalized spacial score (nSPS) is 19.8. The predicted octanol–water partition coefficient (Wildman–Crippen LogP) is 7.00. The molecule has 4 rings (SSSR count). The Labute approximate surface area is 199 Å². The van der Waals surface area contributed by atoms with E-state index in [1.807, 2.05) is 24.3 Å². The van der Waals surface area contributed by atoms with Gasteiger partial charge in [0.05, 0.1) is 22.2 Å². The zero-order valence-electron chi connectivity index (χ0n) is 17.5. The van der Waals surface area contributed by atoms with Gasteiger partial charge in [-0.15, -0.1) is 0 Å². The zero-order chi connectivity index (χ0) is 22.9. The van der Waals surface area contributed by atoms with Crippen molar-refractivity contribution in [1.82, 2.24) is 10.2 Å². The number of nitrogens with zero attached hydrogens (tertiary/aromatic N) is 1. The molecule has 1 unspecified atom stereocenters. The van der Waals surface area contributed by atoms with E-state index in [1.165, 1.54) is 12.1 Å². The van der Waals surface area contributed by atoms with Crippen LogP contribution in [-0.4, -0.2) is 29.4 Å². The van der Waals surface area contributed by atoms with Gasteiger partial charge in [0.25, 0.3) is 5.91 Å². The molecule has 1 aliphatic heterocycles. The Morgan fingerprint density at radius 2 is 1.72 bits per heavy atom. The maximum atomic E-state index is 13.3. The Morgan fingerprint density at radius 3 is 2.34 bits per heavy atom. The van der Waals surface area contributed by atoms with Gasteiger partial charge in [0.15, 0.2) is 0 Å². The van der Waals surface area contributed by atoms with Gasteiger partial charge in [-0.1, -0.05) is 58.6 Å². The fourth-order valence-corrected chi connectivity index (χ4v) is 6.02. The van der Waals surface area contributed by atoms with Gasteiger partial charge in [-0.2, -0.15) is 13.2 Å². The molecule has 172 valence electrons. The summed E-state index contributed by atoms with van der Waals surface area (Å²) in [6.45, 7) is 1.93. The van der Waals surface area contributed by atoms with Crippen LogP contribution >= 0.6 is 27.5 Å². The molecule has 2 fully saturated rings. The van der Waals surface area contributed by atoms with E-state index in [0.29, 0.717) is 0 Å². The second-order valence-corrected chi connectivity index (χ2v) is 9.92. The average Bonchev–Trinajstić information content (AvgIpc) is 3.44. The molecule has 0 spiro atoms. The van der Waals surface area contributed by atoms with Crippen molar-refractivity contribution in [2.75, 3.05) is 13.1 Å². The van der Waals surface area contributed by atoms with Crippen LogP contribution in [0.3, 0.4) is 0 Å². The number of hydrogen-bond donors (Lipinski definition) is 1. The lowest BCUT2D eigenvalue weighted by atomic mass is 9.81. The van der Waals surface area contributed by atoms with Crippen LogP contribution in [0.2, 0.25) is 5.02 Å². The summed E-state index contributed by atoms with van der Waals surface area (Å²) in [6, 6.07) is 10.9. The highest BCUT2D eigenvalue weighted by Crippen LogP contribution is 2.46. The van der Waals surface area contributed by atoms with E-state index in [1.54, 1.807) is 0 Å². The lowest BCUT2D eigenvalue weighted by molar-refractivity contribution is -0.137. The second kappa shape index (κ2) is 9.35. The van der Waals surface area contributed by atoms with Crippen LogP contribution in [0.25, 0.3) is 0 Å². The van der Waals surface area contributed by atoms with Gasteiger partial charge < -0.3 is 5.32 Å². The molecule has 1 aliphatic carbocycles. The summed E-state index contributed by atoms with van der Waals surface area (Å²) < 4.78 is 40.9. The maximum Gasteiger partial charge on any atom is 0.417 e. The van der Waals surface area contributed by atoms with Gasteiger partial charge >= 0.3 is 6.18 Å². The molecule has 1 heterocycles. The van der Waals surface area contributed by atoms with Gasteiger partial charge in [-0.05, 0) is 68.6 Å². The first kappa shape index (κ1) is 23.6. The van der Waals surface area contributed by atoms with Crippen LogP contribution in [0.4, 0.5) is 13.2 Å². The first-order chi connectivity index (χ1) is 15.2. The monoisotopic (exact) mass is 528 g/mol. The first-order valence-corrected chi connectivity index (χ1v) is 12.1. The molecule has 8 heteroatoms. The third-order valence-corrected chi connectivity index (χ3v) is 7.65. The van der Waals surface area contributed by atoms with Crippen molar-refractivity contribution < 1.29 is 18.0 Å². The third kappa shape index (κ3) is 4.57. The fraction of sp³-hybridized carbons (Fsp3) is 0.458. The van der Waals surface area contributed by atoms with Crippen LogP contribution in [0.5, 0.6) is 0 Å². The van der Waals surface area contributed by atoms with E-state index in [-0.39, 0.29) is 17.1 Å². The van der Waals surface area contributed by atoms with Crippen LogP contribution in [0.15, 0.2) is 46.9 Å². The van der Waals surface area contributed by atoms with E-state index in [4.69, 9.17) is 11.6 Å². The smallest absolute Gasteiger partial charge is 0.343 e. The number of benzene rings is 2. The largest absolute Gasteiger partial charge is 0.417 e. The zero-order valence-corrected chi connectivity index (χ0v) is 19.9. The summed E-state index contributed by atoms with van der Waals surface area (Å²) in [7, 11) is 0. The van der Waals surface area contributed by atoms with E-state index >= 15 is 0 Å². The van der Waals surface area contributed by atoms with Crippen LogP contribution in [0.1, 0.15) is 66.1 Å². The number of alkyl halides is 3. The fourth-order valence-electron chi connectivity index (χ4n) is 5.29. The molecule has 1 N–H and O–H groups in total. The van der Waals surface area contributed by atoms with Crippen LogP contribution in [-0.2, 0) is 6.18 Å². The number of nitrogens with one attached hydrogen (secondary N) is 1. The molecule has 2 aromatic carbocycles. The lowest BCUT2D eigenvalue weighted by Gasteiger charge is -2.45. The summed E-state index contributed by atoms with van der Waals surface area (Å²) >= 11 is 9.59. The Morgan fingerprint density at radius 1 is 1.06 bits per heavy atom.